The summed E-state index contributed by atoms with van der Waals surface area (Å²) in [6.07, 6.45) is 1.54. The van der Waals surface area contributed by atoms with Gasteiger partial charge in [-0.25, -0.2) is 0 Å². The van der Waals surface area contributed by atoms with Crippen molar-refractivity contribution in [3.63, 3.8) is 0 Å². The summed E-state index contributed by atoms with van der Waals surface area (Å²) >= 11 is 1.35. The highest BCUT2D eigenvalue weighted by Crippen LogP contribution is 2.28. The van der Waals surface area contributed by atoms with Gasteiger partial charge in [-0.15, -0.1) is 11.8 Å². The van der Waals surface area contributed by atoms with E-state index in [9.17, 15) is 14.4 Å². The van der Waals surface area contributed by atoms with E-state index in [1.807, 2.05) is 0 Å². The van der Waals surface area contributed by atoms with E-state index in [2.05, 4.69) is 21.1 Å². The van der Waals surface area contributed by atoms with Crippen molar-refractivity contribution in [1.29, 1.82) is 0 Å². The molecular formula is C31H30N4O6S. The molecule has 4 rings (SSSR count). The molecule has 0 radical (unpaired) electrons. The van der Waals surface area contributed by atoms with Gasteiger partial charge in [0.25, 0.3) is 11.8 Å². The summed E-state index contributed by atoms with van der Waals surface area (Å²) in [6, 6.07) is 22.4. The molecule has 0 aliphatic heterocycles. The number of carbonyl (C=O) groups excluding carboxylic acids is 3. The number of hydrogen-bond acceptors (Lipinski definition) is 8. The van der Waals surface area contributed by atoms with Crippen molar-refractivity contribution in [3.8, 4) is 11.5 Å². The molecule has 4 aromatic rings. The van der Waals surface area contributed by atoms with Crippen molar-refractivity contribution < 1.29 is 28.4 Å². The summed E-state index contributed by atoms with van der Waals surface area (Å²) in [5, 5.41) is 11.6. The van der Waals surface area contributed by atoms with E-state index < -0.39 is 17.1 Å². The number of amides is 3. The van der Waals surface area contributed by atoms with Crippen molar-refractivity contribution in [2.75, 3.05) is 24.9 Å². The van der Waals surface area contributed by atoms with E-state index in [1.165, 1.54) is 24.9 Å². The number of ether oxygens (including phenoxy) is 2. The predicted octanol–water partition coefficient (Wildman–Crippen LogP) is 5.53. The van der Waals surface area contributed by atoms with Gasteiger partial charge < -0.3 is 29.9 Å². The molecule has 1 aromatic heterocycles. The third-order valence-electron chi connectivity index (χ3n) is 5.94. The maximum Gasteiger partial charge on any atom is 0.272 e. The lowest BCUT2D eigenvalue weighted by molar-refractivity contribution is -0.115. The molecule has 1 unspecified atom stereocenters. The van der Waals surface area contributed by atoms with Gasteiger partial charge in [-0.2, -0.15) is 0 Å². The van der Waals surface area contributed by atoms with Crippen LogP contribution in [0.25, 0.3) is 6.08 Å². The molecule has 42 heavy (non-hydrogen) atoms. The van der Waals surface area contributed by atoms with Gasteiger partial charge in [-0.3, -0.25) is 14.4 Å². The molecule has 3 N–H and O–H groups in total. The maximum atomic E-state index is 13.4. The molecular weight excluding hydrogens is 556 g/mol. The molecule has 3 amide bonds. The van der Waals surface area contributed by atoms with Gasteiger partial charge in [0.1, 0.15) is 23.0 Å². The summed E-state index contributed by atoms with van der Waals surface area (Å²) < 4.78 is 15.7. The van der Waals surface area contributed by atoms with Gasteiger partial charge in [0.05, 0.1) is 19.5 Å². The fraction of sp³-hybridized carbons (Fsp3) is 0.161. The largest absolute Gasteiger partial charge is 0.497 e. The second kappa shape index (κ2) is 14.0. The highest BCUT2D eigenvalue weighted by molar-refractivity contribution is 8.00. The van der Waals surface area contributed by atoms with E-state index in [4.69, 9.17) is 14.0 Å². The minimum atomic E-state index is -0.534. The minimum absolute atomic E-state index is 0.0131. The average Bonchev–Trinajstić information content (AvgIpc) is 3.42. The lowest BCUT2D eigenvalue weighted by Gasteiger charge is -2.14. The number of aryl methyl sites for hydroxylation is 1. The van der Waals surface area contributed by atoms with Crippen LogP contribution in [0, 0.1) is 6.92 Å². The van der Waals surface area contributed by atoms with Crippen molar-refractivity contribution in [2.24, 2.45) is 0 Å². The summed E-state index contributed by atoms with van der Waals surface area (Å²) in [7, 11) is 3.05. The number of anilines is 2. The Morgan fingerprint density at radius 3 is 2.31 bits per heavy atom. The summed E-state index contributed by atoms with van der Waals surface area (Å²) in [4.78, 5) is 39.7. The SMILES string of the molecule is COc1ccc(/C=C(\NC(=O)c2ccccc2)C(=O)Nc2ccc(SC(C)C(=O)Nc3cc(C)on3)cc2)c(OC)c1. The Balaban J connectivity index is 1.49. The van der Waals surface area contributed by atoms with Crippen LogP contribution in [-0.4, -0.2) is 42.3 Å². The van der Waals surface area contributed by atoms with Crippen molar-refractivity contribution in [3.05, 3.63) is 101 Å². The molecule has 0 saturated heterocycles. The molecule has 0 saturated carbocycles. The topological polar surface area (TPSA) is 132 Å². The Labute approximate surface area is 247 Å². The summed E-state index contributed by atoms with van der Waals surface area (Å²) in [6.45, 7) is 3.52. The van der Waals surface area contributed by atoms with Crippen LogP contribution in [-0.2, 0) is 9.59 Å². The average molecular weight is 587 g/mol. The Morgan fingerprint density at radius 1 is 0.929 bits per heavy atom. The predicted molar refractivity (Wildman–Crippen MR) is 162 cm³/mol. The highest BCUT2D eigenvalue weighted by atomic mass is 32.2. The first kappa shape index (κ1) is 29.9. The molecule has 0 aliphatic carbocycles. The lowest BCUT2D eigenvalue weighted by atomic mass is 10.1. The first-order valence-corrected chi connectivity index (χ1v) is 13.8. The monoisotopic (exact) mass is 586 g/mol. The van der Waals surface area contributed by atoms with Crippen LogP contribution in [0.15, 0.2) is 94.0 Å². The van der Waals surface area contributed by atoms with Gasteiger partial charge in [0.2, 0.25) is 5.91 Å². The fourth-order valence-corrected chi connectivity index (χ4v) is 4.63. The molecule has 0 aliphatic rings. The van der Waals surface area contributed by atoms with E-state index in [1.54, 1.807) is 99.8 Å². The zero-order chi connectivity index (χ0) is 30.1. The molecule has 10 nitrogen and oxygen atoms in total. The molecule has 1 heterocycles. The van der Waals surface area contributed by atoms with E-state index >= 15 is 0 Å². The number of nitrogens with one attached hydrogen (secondary N) is 3. The number of nitrogens with zero attached hydrogens (tertiary/aromatic N) is 1. The number of thioether (sulfide) groups is 1. The van der Waals surface area contributed by atoms with Gasteiger partial charge >= 0.3 is 0 Å². The number of rotatable bonds is 11. The fourth-order valence-electron chi connectivity index (χ4n) is 3.76. The van der Waals surface area contributed by atoms with Crippen LogP contribution >= 0.6 is 11.8 Å². The van der Waals surface area contributed by atoms with Crippen LogP contribution in [0.1, 0.15) is 28.6 Å². The van der Waals surface area contributed by atoms with Gasteiger partial charge in [-0.05, 0) is 68.5 Å². The normalized spacial score (nSPS) is 11.8. The Morgan fingerprint density at radius 2 is 1.67 bits per heavy atom. The number of carbonyl (C=O) groups is 3. The van der Waals surface area contributed by atoms with E-state index in [0.29, 0.717) is 39.9 Å². The zero-order valence-corrected chi connectivity index (χ0v) is 24.3. The third kappa shape index (κ3) is 8.01. The smallest absolute Gasteiger partial charge is 0.272 e. The van der Waals surface area contributed by atoms with E-state index in [-0.39, 0.29) is 11.6 Å². The first-order valence-electron chi connectivity index (χ1n) is 12.9. The number of benzene rings is 3. The number of methoxy groups -OCH3 is 2. The van der Waals surface area contributed by atoms with Crippen LogP contribution in [0.3, 0.4) is 0 Å². The molecule has 3 aromatic carbocycles. The number of aromatic nitrogens is 1. The molecule has 1 atom stereocenters. The van der Waals surface area contributed by atoms with Gasteiger partial charge in [0, 0.05) is 33.8 Å². The van der Waals surface area contributed by atoms with Crippen molar-refractivity contribution >= 4 is 47.1 Å². The van der Waals surface area contributed by atoms with Crippen LogP contribution in [0.2, 0.25) is 0 Å². The molecule has 216 valence electrons. The molecule has 0 spiro atoms. The summed E-state index contributed by atoms with van der Waals surface area (Å²) in [5.41, 5.74) is 1.48. The van der Waals surface area contributed by atoms with Crippen molar-refractivity contribution in [1.82, 2.24) is 10.5 Å². The van der Waals surface area contributed by atoms with Crippen molar-refractivity contribution in [2.45, 2.75) is 24.0 Å². The second-order valence-electron chi connectivity index (χ2n) is 9.04. The standard InChI is InChI=1S/C31H30N4O6S/c1-19-16-28(35-41-19)34-29(36)20(2)42-25-14-11-23(12-15-25)32-31(38)26(33-30(37)21-8-6-5-7-9-21)17-22-10-13-24(39-3)18-27(22)40-4/h5-18,20H,1-4H3,(H,32,38)(H,33,37)(H,34,35,36)/b26-17-. The molecule has 11 heteroatoms. The Kier molecular flexibility index (Phi) is 10.0. The van der Waals surface area contributed by atoms with Gasteiger partial charge in [-0.1, -0.05) is 23.4 Å². The quantitative estimate of drug-likeness (QED) is 0.154. The number of hydrogen-bond donors (Lipinski definition) is 3. The molecule has 0 fully saturated rings. The van der Waals surface area contributed by atoms with Crippen LogP contribution in [0.5, 0.6) is 11.5 Å². The highest BCUT2D eigenvalue weighted by Gasteiger charge is 2.18. The Hall–Kier alpha value is -5.03. The second-order valence-corrected chi connectivity index (χ2v) is 10.5. The third-order valence-corrected chi connectivity index (χ3v) is 7.05. The summed E-state index contributed by atoms with van der Waals surface area (Å²) in [5.74, 6) is 0.816. The maximum absolute atomic E-state index is 13.4. The van der Waals surface area contributed by atoms with Crippen LogP contribution < -0.4 is 25.4 Å². The van der Waals surface area contributed by atoms with Crippen LogP contribution in [0.4, 0.5) is 11.5 Å². The molecule has 0 bridgehead atoms. The lowest BCUT2D eigenvalue weighted by Crippen LogP contribution is -2.30. The Bertz CT molecular complexity index is 1580. The van der Waals surface area contributed by atoms with E-state index in [0.717, 1.165) is 4.90 Å². The minimum Gasteiger partial charge on any atom is -0.497 e. The zero-order valence-electron chi connectivity index (χ0n) is 23.5. The van der Waals surface area contributed by atoms with Gasteiger partial charge in [0.15, 0.2) is 5.82 Å². The first-order chi connectivity index (χ1) is 20.2.